The Kier molecular flexibility index (Phi) is 7.41. The number of ether oxygens (including phenoxy) is 1. The van der Waals surface area contributed by atoms with Gasteiger partial charge in [0.2, 0.25) is 11.8 Å². The average Bonchev–Trinajstić information content (AvgIpc) is 2.77. The van der Waals surface area contributed by atoms with Crippen LogP contribution in [0.3, 0.4) is 0 Å². The second-order valence-electron chi connectivity index (χ2n) is 7.17. The van der Waals surface area contributed by atoms with E-state index in [9.17, 15) is 5.21 Å². The molecule has 0 aliphatic carbocycles. The van der Waals surface area contributed by atoms with Gasteiger partial charge in [0.1, 0.15) is 5.69 Å². The number of pyridine rings is 1. The van der Waals surface area contributed by atoms with Gasteiger partial charge < -0.3 is 20.3 Å². The fourth-order valence-corrected chi connectivity index (χ4v) is 4.23. The molecule has 30 heavy (non-hydrogen) atoms. The maximum Gasteiger partial charge on any atom is 0.240 e. The van der Waals surface area contributed by atoms with Crippen molar-refractivity contribution in [3.63, 3.8) is 0 Å². The normalized spacial score (nSPS) is 15.9. The van der Waals surface area contributed by atoms with Gasteiger partial charge in [-0.3, -0.25) is 5.21 Å². The summed E-state index contributed by atoms with van der Waals surface area (Å²) in [5.74, 6) is 0.768. The van der Waals surface area contributed by atoms with Crippen molar-refractivity contribution in [2.75, 3.05) is 44.4 Å². The number of methoxy groups -OCH3 is 1. The van der Waals surface area contributed by atoms with E-state index in [4.69, 9.17) is 10.5 Å². The van der Waals surface area contributed by atoms with Crippen LogP contribution in [0.15, 0.2) is 40.2 Å². The van der Waals surface area contributed by atoms with Gasteiger partial charge in [-0.15, -0.1) is 11.8 Å². The molecule has 2 aromatic rings. The largest absolute Gasteiger partial charge is 0.479 e. The Morgan fingerprint density at radius 2 is 2.00 bits per heavy atom. The number of para-hydroxylation sites is 1. The van der Waals surface area contributed by atoms with Crippen molar-refractivity contribution in [1.29, 1.82) is 0 Å². The molecule has 1 atom stereocenters. The molecule has 0 radical (unpaired) electrons. The van der Waals surface area contributed by atoms with E-state index in [1.165, 1.54) is 10.6 Å². The van der Waals surface area contributed by atoms with Crippen LogP contribution in [0.1, 0.15) is 24.2 Å². The van der Waals surface area contributed by atoms with Gasteiger partial charge in [0.05, 0.1) is 12.8 Å². The number of nitrogens with two attached hydrogens (primary N) is 1. The van der Waals surface area contributed by atoms with Gasteiger partial charge in [-0.2, -0.15) is 0 Å². The number of nitrogens with one attached hydrogen (secondary N) is 1. The van der Waals surface area contributed by atoms with E-state index in [0.29, 0.717) is 17.5 Å². The minimum Gasteiger partial charge on any atom is -0.479 e. The van der Waals surface area contributed by atoms with Gasteiger partial charge in [-0.25, -0.2) is 15.5 Å². The number of aliphatic imine (C=N–C) groups is 1. The lowest BCUT2D eigenvalue weighted by Gasteiger charge is -2.37. The number of hydrogen-bond donors (Lipinski definition) is 3. The lowest BCUT2D eigenvalue weighted by atomic mass is 10.1. The van der Waals surface area contributed by atoms with Crippen molar-refractivity contribution >= 4 is 29.1 Å². The number of thioether (sulfide) groups is 1. The first-order chi connectivity index (χ1) is 14.5. The maximum absolute atomic E-state index is 9.78. The topological polar surface area (TPSA) is 99.2 Å². The van der Waals surface area contributed by atoms with Gasteiger partial charge in [0, 0.05) is 42.8 Å². The zero-order chi connectivity index (χ0) is 21.7. The molecule has 0 saturated carbocycles. The molecule has 3 rings (SSSR count). The number of anilines is 1. The quantitative estimate of drug-likeness (QED) is 0.288. The van der Waals surface area contributed by atoms with Crippen LogP contribution >= 0.6 is 11.8 Å². The molecule has 0 spiro atoms. The fourth-order valence-electron chi connectivity index (χ4n) is 3.61. The Balaban J connectivity index is 1.81. The Labute approximate surface area is 182 Å². The Morgan fingerprint density at radius 3 is 2.60 bits per heavy atom. The van der Waals surface area contributed by atoms with Crippen LogP contribution < -0.4 is 20.9 Å². The molecule has 1 unspecified atom stereocenters. The van der Waals surface area contributed by atoms with Crippen LogP contribution in [0.4, 0.5) is 11.4 Å². The van der Waals surface area contributed by atoms with Crippen molar-refractivity contribution < 1.29 is 9.94 Å². The molecule has 1 fully saturated rings. The predicted octanol–water partition coefficient (Wildman–Crippen LogP) is 2.93. The van der Waals surface area contributed by atoms with Crippen LogP contribution in [0.2, 0.25) is 0 Å². The van der Waals surface area contributed by atoms with Gasteiger partial charge in [0.15, 0.2) is 0 Å². The number of rotatable bonds is 5. The molecule has 8 nitrogen and oxygen atoms in total. The van der Waals surface area contributed by atoms with E-state index in [1.807, 2.05) is 24.8 Å². The van der Waals surface area contributed by atoms with E-state index in [1.54, 1.807) is 18.9 Å². The molecule has 1 aromatic heterocycles. The van der Waals surface area contributed by atoms with Crippen LogP contribution in [0, 0.1) is 6.92 Å². The lowest BCUT2D eigenvalue weighted by molar-refractivity contribution is 0.207. The van der Waals surface area contributed by atoms with Crippen LogP contribution in [0.25, 0.3) is 0 Å². The summed E-state index contributed by atoms with van der Waals surface area (Å²) in [6, 6.07) is 10.1. The molecule has 4 N–H and O–H groups in total. The van der Waals surface area contributed by atoms with E-state index in [2.05, 4.69) is 50.9 Å². The Morgan fingerprint density at radius 1 is 1.30 bits per heavy atom. The summed E-state index contributed by atoms with van der Waals surface area (Å²) in [7, 11) is 1.56. The standard InChI is InChI=1S/C21H30N6O2S/c1-14(22)16-13-17(20(29-3)23-15(16)2)24-21(25-28)27-11-9-26(10-12-27)18-7-5-6-8-19(18)30-4/h5-8,13-14,28H,9-12,22H2,1-4H3,(H,24,25). The molecular weight excluding hydrogens is 400 g/mol. The lowest BCUT2D eigenvalue weighted by Crippen LogP contribution is -2.52. The maximum atomic E-state index is 9.78. The summed E-state index contributed by atoms with van der Waals surface area (Å²) in [6.07, 6.45) is 2.09. The summed E-state index contributed by atoms with van der Waals surface area (Å²) in [6.45, 7) is 6.89. The van der Waals surface area contributed by atoms with E-state index in [-0.39, 0.29) is 6.04 Å². The molecule has 9 heteroatoms. The molecule has 1 aromatic carbocycles. The smallest absolute Gasteiger partial charge is 0.240 e. The second-order valence-corrected chi connectivity index (χ2v) is 8.02. The van der Waals surface area contributed by atoms with Crippen molar-refractivity contribution in [2.24, 2.45) is 10.7 Å². The first-order valence-corrected chi connectivity index (χ1v) is 11.1. The molecule has 162 valence electrons. The third-order valence-electron chi connectivity index (χ3n) is 5.21. The average molecular weight is 431 g/mol. The summed E-state index contributed by atoms with van der Waals surface area (Å²) in [4.78, 5) is 14.7. The molecule has 0 amide bonds. The second kappa shape index (κ2) is 10.0. The molecule has 1 aliphatic heterocycles. The third-order valence-corrected chi connectivity index (χ3v) is 6.00. The first-order valence-electron chi connectivity index (χ1n) is 9.91. The van der Waals surface area contributed by atoms with Crippen molar-refractivity contribution in [3.05, 3.63) is 41.6 Å². The van der Waals surface area contributed by atoms with Gasteiger partial charge in [-0.05, 0) is 43.9 Å². The Hall–Kier alpha value is -2.49. The highest BCUT2D eigenvalue weighted by molar-refractivity contribution is 7.98. The highest BCUT2D eigenvalue weighted by Crippen LogP contribution is 2.31. The summed E-state index contributed by atoms with van der Waals surface area (Å²) >= 11 is 1.75. The van der Waals surface area contributed by atoms with Crippen LogP contribution in [-0.4, -0.2) is 60.6 Å². The van der Waals surface area contributed by atoms with Gasteiger partial charge in [0.25, 0.3) is 0 Å². The minimum atomic E-state index is -0.178. The minimum absolute atomic E-state index is 0.178. The number of hydrogen-bond acceptors (Lipinski definition) is 7. The van der Waals surface area contributed by atoms with Crippen LogP contribution in [-0.2, 0) is 0 Å². The number of benzene rings is 1. The summed E-state index contributed by atoms with van der Waals surface area (Å²) in [5.41, 5.74) is 11.8. The molecule has 1 saturated heterocycles. The Bertz CT molecular complexity index is 897. The van der Waals surface area contributed by atoms with E-state index < -0.39 is 0 Å². The molecule has 2 heterocycles. The number of aromatic nitrogens is 1. The zero-order valence-electron chi connectivity index (χ0n) is 17.9. The number of guanidine groups is 1. The van der Waals surface area contributed by atoms with E-state index >= 15 is 0 Å². The van der Waals surface area contributed by atoms with E-state index in [0.717, 1.165) is 37.4 Å². The number of aryl methyl sites for hydroxylation is 1. The predicted molar refractivity (Wildman–Crippen MR) is 122 cm³/mol. The number of piperazine rings is 1. The summed E-state index contributed by atoms with van der Waals surface area (Å²) in [5, 5.41) is 9.78. The third kappa shape index (κ3) is 4.80. The number of hydroxylamine groups is 1. The van der Waals surface area contributed by atoms with Crippen molar-refractivity contribution in [1.82, 2.24) is 15.4 Å². The zero-order valence-corrected chi connectivity index (χ0v) is 18.7. The molecule has 1 aliphatic rings. The first kappa shape index (κ1) is 22.2. The highest BCUT2D eigenvalue weighted by atomic mass is 32.2. The van der Waals surface area contributed by atoms with Crippen molar-refractivity contribution in [2.45, 2.75) is 24.8 Å². The molecule has 0 bridgehead atoms. The highest BCUT2D eigenvalue weighted by Gasteiger charge is 2.22. The van der Waals surface area contributed by atoms with Crippen molar-refractivity contribution in [3.8, 4) is 5.88 Å². The van der Waals surface area contributed by atoms with Gasteiger partial charge in [-0.1, -0.05) is 12.1 Å². The van der Waals surface area contributed by atoms with Crippen LogP contribution in [0.5, 0.6) is 5.88 Å². The monoisotopic (exact) mass is 430 g/mol. The fraction of sp³-hybridized carbons (Fsp3) is 0.429. The van der Waals surface area contributed by atoms with Gasteiger partial charge >= 0.3 is 0 Å². The summed E-state index contributed by atoms with van der Waals surface area (Å²) < 4.78 is 5.40. The SMILES string of the molecule is COc1nc(C)c(C(C)N)cc1N=C(NO)N1CCN(c2ccccc2SC)CC1. The molecular formula is C21H30N6O2S. The number of nitrogens with zero attached hydrogens (tertiary/aromatic N) is 4.